The van der Waals surface area contributed by atoms with E-state index in [1.807, 2.05) is 36.4 Å². The summed E-state index contributed by atoms with van der Waals surface area (Å²) in [4.78, 5) is 0. The first-order chi connectivity index (χ1) is 8.81. The summed E-state index contributed by atoms with van der Waals surface area (Å²) < 4.78 is 16.5. The number of benzene rings is 1. The van der Waals surface area contributed by atoms with Gasteiger partial charge in [0.15, 0.2) is 5.76 Å². The molecule has 2 aromatic rings. The van der Waals surface area contributed by atoms with E-state index in [1.165, 1.54) is 0 Å². The predicted octanol–water partition coefficient (Wildman–Crippen LogP) is 3.57. The van der Waals surface area contributed by atoms with Gasteiger partial charge in [0, 0.05) is 11.4 Å². The molecule has 3 nitrogen and oxygen atoms in total. The van der Waals surface area contributed by atoms with Gasteiger partial charge in [-0.2, -0.15) is 0 Å². The van der Waals surface area contributed by atoms with Gasteiger partial charge in [0.25, 0.3) is 0 Å². The third-order valence-electron chi connectivity index (χ3n) is 2.80. The van der Waals surface area contributed by atoms with Crippen LogP contribution in [0, 0.1) is 0 Å². The van der Waals surface area contributed by atoms with E-state index >= 15 is 0 Å². The first-order valence-corrected chi connectivity index (χ1v) is 6.25. The van der Waals surface area contributed by atoms with Crippen molar-refractivity contribution in [1.82, 2.24) is 0 Å². The summed E-state index contributed by atoms with van der Waals surface area (Å²) in [6.45, 7) is 1.24. The average molecular weight is 265 g/mol. The molecule has 1 fully saturated rings. The van der Waals surface area contributed by atoms with Gasteiger partial charge in [-0.1, -0.05) is 23.7 Å². The molecular weight excluding hydrogens is 252 g/mol. The fourth-order valence-electron chi connectivity index (χ4n) is 1.99. The van der Waals surface area contributed by atoms with Crippen molar-refractivity contribution in [2.45, 2.75) is 12.7 Å². The summed E-state index contributed by atoms with van der Waals surface area (Å²) in [5.74, 6) is 1.61. The monoisotopic (exact) mass is 264 g/mol. The molecule has 1 aromatic carbocycles. The highest BCUT2D eigenvalue weighted by molar-refractivity contribution is 6.30. The van der Waals surface area contributed by atoms with E-state index in [2.05, 4.69) is 0 Å². The summed E-state index contributed by atoms with van der Waals surface area (Å²) >= 11 is 5.95. The molecule has 0 radical (unpaired) electrons. The number of rotatable bonds is 3. The lowest BCUT2D eigenvalue weighted by atomic mass is 10.1. The Hall–Kier alpha value is -1.29. The van der Waals surface area contributed by atoms with Gasteiger partial charge in [0.05, 0.1) is 13.2 Å². The minimum absolute atomic E-state index is 0.349. The predicted molar refractivity (Wildman–Crippen MR) is 67.6 cm³/mol. The smallest absolute Gasteiger partial charge is 0.217 e. The van der Waals surface area contributed by atoms with Crippen LogP contribution in [0.5, 0.6) is 0 Å². The Morgan fingerprint density at radius 3 is 2.72 bits per heavy atom. The molecule has 1 aliphatic heterocycles. The van der Waals surface area contributed by atoms with E-state index in [4.69, 9.17) is 25.5 Å². The van der Waals surface area contributed by atoms with Crippen molar-refractivity contribution in [2.75, 3.05) is 13.2 Å². The number of halogens is 1. The Kier molecular flexibility index (Phi) is 3.37. The Morgan fingerprint density at radius 2 is 1.94 bits per heavy atom. The summed E-state index contributed by atoms with van der Waals surface area (Å²) in [5.41, 5.74) is 1.12. The van der Waals surface area contributed by atoms with Gasteiger partial charge in [-0.15, -0.1) is 0 Å². The summed E-state index contributed by atoms with van der Waals surface area (Å²) in [6.07, 6.45) is 0.367. The zero-order valence-electron chi connectivity index (χ0n) is 9.77. The minimum atomic E-state index is -0.349. The second-order valence-corrected chi connectivity index (χ2v) is 4.62. The van der Waals surface area contributed by atoms with Crippen LogP contribution in [0.4, 0.5) is 0 Å². The van der Waals surface area contributed by atoms with Gasteiger partial charge >= 0.3 is 0 Å². The SMILES string of the molecule is Clc1cccc(Cc2ccc(C3OCCO3)o2)c1. The zero-order valence-corrected chi connectivity index (χ0v) is 10.5. The Morgan fingerprint density at radius 1 is 1.11 bits per heavy atom. The van der Waals surface area contributed by atoms with E-state index in [1.54, 1.807) is 0 Å². The summed E-state index contributed by atoms with van der Waals surface area (Å²) in [5, 5.41) is 0.738. The van der Waals surface area contributed by atoms with Gasteiger partial charge in [0.2, 0.25) is 6.29 Å². The molecule has 0 unspecified atom stereocenters. The lowest BCUT2D eigenvalue weighted by molar-refractivity contribution is -0.0593. The van der Waals surface area contributed by atoms with Crippen molar-refractivity contribution in [3.05, 3.63) is 58.5 Å². The van der Waals surface area contributed by atoms with E-state index < -0.39 is 0 Å². The maximum atomic E-state index is 5.95. The van der Waals surface area contributed by atoms with Crippen molar-refractivity contribution < 1.29 is 13.9 Å². The quantitative estimate of drug-likeness (QED) is 0.849. The standard InChI is InChI=1S/C14H13ClO3/c15-11-3-1-2-10(8-11)9-12-4-5-13(18-12)14-16-6-7-17-14/h1-5,8,14H,6-7,9H2. The molecule has 2 heterocycles. The van der Waals surface area contributed by atoms with Crippen LogP contribution in [0.25, 0.3) is 0 Å². The van der Waals surface area contributed by atoms with Crippen LogP contribution in [-0.4, -0.2) is 13.2 Å². The third kappa shape index (κ3) is 2.58. The van der Waals surface area contributed by atoms with Crippen LogP contribution >= 0.6 is 11.6 Å². The van der Waals surface area contributed by atoms with E-state index in [0.29, 0.717) is 19.6 Å². The fraction of sp³-hybridized carbons (Fsp3) is 0.286. The lowest BCUT2D eigenvalue weighted by Gasteiger charge is -2.04. The molecule has 0 bridgehead atoms. The highest BCUT2D eigenvalue weighted by Gasteiger charge is 2.21. The molecule has 0 spiro atoms. The molecule has 18 heavy (non-hydrogen) atoms. The molecular formula is C14H13ClO3. The molecule has 0 amide bonds. The molecule has 3 rings (SSSR count). The highest BCUT2D eigenvalue weighted by atomic mass is 35.5. The normalized spacial score (nSPS) is 16.3. The topological polar surface area (TPSA) is 31.6 Å². The fourth-order valence-corrected chi connectivity index (χ4v) is 2.20. The molecule has 0 atom stereocenters. The molecule has 1 saturated heterocycles. The van der Waals surface area contributed by atoms with E-state index in [0.717, 1.165) is 22.1 Å². The second kappa shape index (κ2) is 5.14. The van der Waals surface area contributed by atoms with Crippen LogP contribution in [-0.2, 0) is 15.9 Å². The zero-order chi connectivity index (χ0) is 12.4. The van der Waals surface area contributed by atoms with Crippen LogP contribution < -0.4 is 0 Å². The van der Waals surface area contributed by atoms with Gasteiger partial charge in [0.1, 0.15) is 5.76 Å². The van der Waals surface area contributed by atoms with Gasteiger partial charge in [-0.25, -0.2) is 0 Å². The van der Waals surface area contributed by atoms with E-state index in [9.17, 15) is 0 Å². The van der Waals surface area contributed by atoms with Crippen LogP contribution in [0.2, 0.25) is 5.02 Å². The highest BCUT2D eigenvalue weighted by Crippen LogP contribution is 2.26. The number of hydrogen-bond acceptors (Lipinski definition) is 3. The Balaban J connectivity index is 1.73. The molecule has 94 valence electrons. The van der Waals surface area contributed by atoms with Crippen LogP contribution in [0.1, 0.15) is 23.4 Å². The van der Waals surface area contributed by atoms with Crippen LogP contribution in [0.15, 0.2) is 40.8 Å². The molecule has 1 aromatic heterocycles. The maximum absolute atomic E-state index is 5.95. The maximum Gasteiger partial charge on any atom is 0.217 e. The van der Waals surface area contributed by atoms with E-state index in [-0.39, 0.29) is 6.29 Å². The van der Waals surface area contributed by atoms with Crippen molar-refractivity contribution in [1.29, 1.82) is 0 Å². The number of hydrogen-bond donors (Lipinski definition) is 0. The van der Waals surface area contributed by atoms with Gasteiger partial charge < -0.3 is 13.9 Å². The summed E-state index contributed by atoms with van der Waals surface area (Å²) in [6, 6.07) is 11.6. The van der Waals surface area contributed by atoms with Crippen LogP contribution in [0.3, 0.4) is 0 Å². The van der Waals surface area contributed by atoms with Crippen molar-refractivity contribution >= 4 is 11.6 Å². The number of ether oxygens (including phenoxy) is 2. The van der Waals surface area contributed by atoms with Gasteiger partial charge in [-0.3, -0.25) is 0 Å². The Labute approximate surface area is 110 Å². The minimum Gasteiger partial charge on any atom is -0.460 e. The third-order valence-corrected chi connectivity index (χ3v) is 3.04. The lowest BCUT2D eigenvalue weighted by Crippen LogP contribution is -1.95. The number of furan rings is 1. The summed E-state index contributed by atoms with van der Waals surface area (Å²) in [7, 11) is 0. The van der Waals surface area contributed by atoms with Gasteiger partial charge in [-0.05, 0) is 29.8 Å². The molecule has 0 N–H and O–H groups in total. The first kappa shape index (κ1) is 11.8. The molecule has 0 aliphatic carbocycles. The van der Waals surface area contributed by atoms with Crippen molar-refractivity contribution in [2.24, 2.45) is 0 Å². The molecule has 1 aliphatic rings. The molecule has 4 heteroatoms. The second-order valence-electron chi connectivity index (χ2n) is 4.18. The largest absolute Gasteiger partial charge is 0.460 e. The molecule has 0 saturated carbocycles. The van der Waals surface area contributed by atoms with Crippen molar-refractivity contribution in [3.63, 3.8) is 0 Å². The average Bonchev–Trinajstić information content (AvgIpc) is 2.98. The first-order valence-electron chi connectivity index (χ1n) is 5.87. The Bertz CT molecular complexity index is 529. The van der Waals surface area contributed by atoms with Crippen molar-refractivity contribution in [3.8, 4) is 0 Å².